The van der Waals surface area contributed by atoms with Gasteiger partial charge >= 0.3 is 0 Å². The topological polar surface area (TPSA) is 29.1 Å². The number of carbonyl (C=O) groups excluding carboxylic acids is 1. The van der Waals surface area contributed by atoms with Crippen LogP contribution < -0.4 is 5.32 Å². The van der Waals surface area contributed by atoms with Crippen molar-refractivity contribution in [2.45, 2.75) is 58.3 Å². The van der Waals surface area contributed by atoms with Crippen LogP contribution in [0.2, 0.25) is 0 Å². The van der Waals surface area contributed by atoms with Gasteiger partial charge in [0.2, 0.25) is 5.91 Å². The fourth-order valence-corrected chi connectivity index (χ4v) is 6.52. The van der Waals surface area contributed by atoms with Gasteiger partial charge in [-0.05, 0) is 66.8 Å². The van der Waals surface area contributed by atoms with Crippen LogP contribution in [-0.2, 0) is 10.2 Å². The number of carbonyl (C=O) groups is 1. The highest BCUT2D eigenvalue weighted by Crippen LogP contribution is 2.65. The normalized spacial score (nSPS) is 39.0. The SMILES string of the molecule is CC(C)CNC(=O)CC1(c2ccccc2)C2CC3CC1CC(C2)C3C. The van der Waals surface area contributed by atoms with E-state index in [0.29, 0.717) is 24.2 Å². The summed E-state index contributed by atoms with van der Waals surface area (Å²) in [5.41, 5.74) is 1.51. The Labute approximate surface area is 152 Å². The smallest absolute Gasteiger partial charge is 0.220 e. The number of benzene rings is 1. The molecule has 1 N–H and O–H groups in total. The molecule has 1 aromatic carbocycles. The van der Waals surface area contributed by atoms with E-state index in [2.05, 4.69) is 56.4 Å². The number of hydrogen-bond donors (Lipinski definition) is 1. The van der Waals surface area contributed by atoms with Crippen LogP contribution in [0.3, 0.4) is 0 Å². The first kappa shape index (κ1) is 17.1. The molecule has 4 saturated carbocycles. The zero-order valence-electron chi connectivity index (χ0n) is 16.0. The van der Waals surface area contributed by atoms with E-state index in [4.69, 9.17) is 0 Å². The van der Waals surface area contributed by atoms with E-state index in [-0.39, 0.29) is 11.3 Å². The van der Waals surface area contributed by atoms with Crippen LogP contribution in [0.25, 0.3) is 0 Å². The Morgan fingerprint density at radius 3 is 2.16 bits per heavy atom. The van der Waals surface area contributed by atoms with Crippen molar-refractivity contribution in [1.82, 2.24) is 5.32 Å². The average Bonchev–Trinajstić information content (AvgIpc) is 2.59. The van der Waals surface area contributed by atoms with Crippen molar-refractivity contribution in [3.05, 3.63) is 35.9 Å². The summed E-state index contributed by atoms with van der Waals surface area (Å²) in [6.07, 6.45) is 6.02. The lowest BCUT2D eigenvalue weighted by Crippen LogP contribution is -2.59. The van der Waals surface area contributed by atoms with Crippen molar-refractivity contribution >= 4 is 5.91 Å². The Morgan fingerprint density at radius 1 is 1.08 bits per heavy atom. The molecule has 4 aliphatic carbocycles. The predicted molar refractivity (Wildman–Crippen MR) is 102 cm³/mol. The lowest BCUT2D eigenvalue weighted by molar-refractivity contribution is -0.133. The van der Waals surface area contributed by atoms with Crippen molar-refractivity contribution in [3.8, 4) is 0 Å². The molecule has 4 bridgehead atoms. The second-order valence-corrected chi connectivity index (χ2v) is 9.50. The standard InChI is InChI=1S/C23H33NO/c1-15(2)14-24-22(25)13-23(19-7-5-4-6-8-19)20-9-17-10-21(23)12-18(11-20)16(17)3/h4-8,15-18,20-21H,9-14H2,1-3H3,(H,24,25). The molecule has 136 valence electrons. The third-order valence-corrected chi connectivity index (χ3v) is 7.77. The van der Waals surface area contributed by atoms with Crippen LogP contribution >= 0.6 is 0 Å². The molecule has 0 aromatic heterocycles. The van der Waals surface area contributed by atoms with E-state index in [1.165, 1.54) is 31.2 Å². The van der Waals surface area contributed by atoms with Crippen LogP contribution in [0, 0.1) is 35.5 Å². The van der Waals surface area contributed by atoms with Gasteiger partial charge in [-0.15, -0.1) is 0 Å². The summed E-state index contributed by atoms with van der Waals surface area (Å²) >= 11 is 0. The minimum absolute atomic E-state index is 0.0788. The van der Waals surface area contributed by atoms with Gasteiger partial charge in [0.15, 0.2) is 0 Å². The predicted octanol–water partition coefficient (Wildman–Crippen LogP) is 4.79. The third-order valence-electron chi connectivity index (χ3n) is 7.77. The molecule has 0 heterocycles. The van der Waals surface area contributed by atoms with Crippen LogP contribution in [0.5, 0.6) is 0 Å². The zero-order chi connectivity index (χ0) is 17.6. The minimum atomic E-state index is 0.0788. The molecule has 0 aliphatic heterocycles. The molecule has 0 radical (unpaired) electrons. The van der Waals surface area contributed by atoms with Crippen LogP contribution in [0.4, 0.5) is 0 Å². The van der Waals surface area contributed by atoms with Gasteiger partial charge in [0.1, 0.15) is 0 Å². The summed E-state index contributed by atoms with van der Waals surface area (Å²) in [4.78, 5) is 12.9. The number of nitrogens with one attached hydrogen (secondary N) is 1. The second kappa shape index (κ2) is 6.45. The minimum Gasteiger partial charge on any atom is -0.356 e. The molecule has 5 rings (SSSR count). The zero-order valence-corrected chi connectivity index (χ0v) is 16.0. The molecule has 0 unspecified atom stereocenters. The molecule has 4 fully saturated rings. The van der Waals surface area contributed by atoms with Crippen molar-refractivity contribution in [2.75, 3.05) is 6.54 Å². The Morgan fingerprint density at radius 2 is 1.64 bits per heavy atom. The van der Waals surface area contributed by atoms with Gasteiger partial charge in [-0.25, -0.2) is 0 Å². The van der Waals surface area contributed by atoms with Crippen molar-refractivity contribution < 1.29 is 4.79 Å². The molecular formula is C23H33NO. The fourth-order valence-electron chi connectivity index (χ4n) is 6.52. The van der Waals surface area contributed by atoms with Gasteiger partial charge < -0.3 is 5.32 Å². The summed E-state index contributed by atoms with van der Waals surface area (Å²) in [7, 11) is 0. The van der Waals surface area contributed by atoms with Crippen molar-refractivity contribution in [1.29, 1.82) is 0 Å². The Balaban J connectivity index is 1.66. The van der Waals surface area contributed by atoms with Crippen molar-refractivity contribution in [3.63, 3.8) is 0 Å². The Hall–Kier alpha value is -1.31. The molecule has 2 nitrogen and oxygen atoms in total. The molecule has 1 amide bonds. The van der Waals surface area contributed by atoms with Crippen LogP contribution in [0.15, 0.2) is 30.3 Å². The maximum atomic E-state index is 12.9. The second-order valence-electron chi connectivity index (χ2n) is 9.50. The maximum absolute atomic E-state index is 12.9. The van der Waals surface area contributed by atoms with E-state index in [9.17, 15) is 4.79 Å². The monoisotopic (exact) mass is 339 g/mol. The Bertz CT molecular complexity index is 590. The lowest BCUT2D eigenvalue weighted by atomic mass is 9.41. The molecule has 0 saturated heterocycles. The van der Waals surface area contributed by atoms with Crippen molar-refractivity contribution in [2.24, 2.45) is 35.5 Å². The lowest BCUT2D eigenvalue weighted by Gasteiger charge is -2.63. The third kappa shape index (κ3) is 2.82. The molecule has 0 spiro atoms. The summed E-state index contributed by atoms with van der Waals surface area (Å²) in [6, 6.07) is 11.0. The highest BCUT2D eigenvalue weighted by molar-refractivity contribution is 5.78. The summed E-state index contributed by atoms with van der Waals surface area (Å²) in [5.74, 6) is 4.86. The maximum Gasteiger partial charge on any atom is 0.220 e. The molecule has 4 aliphatic rings. The Kier molecular flexibility index (Phi) is 4.42. The van der Waals surface area contributed by atoms with Crippen LogP contribution in [-0.4, -0.2) is 12.5 Å². The first-order chi connectivity index (χ1) is 12.0. The van der Waals surface area contributed by atoms with Gasteiger partial charge in [0, 0.05) is 18.4 Å². The van der Waals surface area contributed by atoms with E-state index < -0.39 is 0 Å². The molecule has 0 atom stereocenters. The van der Waals surface area contributed by atoms with Gasteiger partial charge in [-0.2, -0.15) is 0 Å². The first-order valence-electron chi connectivity index (χ1n) is 10.3. The largest absolute Gasteiger partial charge is 0.356 e. The molecule has 1 aromatic rings. The number of amides is 1. The van der Waals surface area contributed by atoms with Gasteiger partial charge in [-0.3, -0.25) is 4.79 Å². The summed E-state index contributed by atoms with van der Waals surface area (Å²) in [6.45, 7) is 7.60. The van der Waals surface area contributed by atoms with E-state index >= 15 is 0 Å². The quantitative estimate of drug-likeness (QED) is 0.821. The van der Waals surface area contributed by atoms with Gasteiger partial charge in [0.25, 0.3) is 0 Å². The number of hydrogen-bond acceptors (Lipinski definition) is 1. The summed E-state index contributed by atoms with van der Waals surface area (Å²) in [5, 5.41) is 3.21. The molecule has 25 heavy (non-hydrogen) atoms. The van der Waals surface area contributed by atoms with E-state index in [0.717, 1.165) is 24.3 Å². The van der Waals surface area contributed by atoms with Crippen LogP contribution in [0.1, 0.15) is 58.4 Å². The molecular weight excluding hydrogens is 306 g/mol. The highest BCUT2D eigenvalue weighted by Gasteiger charge is 2.60. The first-order valence-corrected chi connectivity index (χ1v) is 10.3. The molecule has 2 heteroatoms. The van der Waals surface area contributed by atoms with E-state index in [1.807, 2.05) is 0 Å². The van der Waals surface area contributed by atoms with Gasteiger partial charge in [0.05, 0.1) is 0 Å². The van der Waals surface area contributed by atoms with Gasteiger partial charge in [-0.1, -0.05) is 51.1 Å². The number of rotatable bonds is 5. The van der Waals surface area contributed by atoms with E-state index in [1.54, 1.807) is 0 Å². The summed E-state index contributed by atoms with van der Waals surface area (Å²) < 4.78 is 0. The fraction of sp³-hybridized carbons (Fsp3) is 0.696. The average molecular weight is 340 g/mol. The highest BCUT2D eigenvalue weighted by atomic mass is 16.1.